The summed E-state index contributed by atoms with van der Waals surface area (Å²) in [7, 11) is 2.04. The maximum atomic E-state index is 10.5. The van der Waals surface area contributed by atoms with Crippen LogP contribution in [0.4, 0.5) is 0 Å². The molecule has 0 bridgehead atoms. The first kappa shape index (κ1) is 7.46. The molecule has 0 aliphatic carbocycles. The highest BCUT2D eigenvalue weighted by atomic mass is 16.1. The average Bonchev–Trinajstić information content (AvgIpc) is 2.46. The Balaban J connectivity index is 2.12. The molecule has 1 fully saturated rings. The Morgan fingerprint density at radius 3 is 3.25 bits per heavy atom. The van der Waals surface area contributed by atoms with E-state index in [0.29, 0.717) is 0 Å². The predicted octanol–water partition coefficient (Wildman–Crippen LogP) is -0.797. The van der Waals surface area contributed by atoms with E-state index in [1.807, 2.05) is 13.2 Å². The SMILES string of the molecule is CN1C=C2NC(C=O)CN2CC1. The van der Waals surface area contributed by atoms with Crippen molar-refractivity contribution in [3.05, 3.63) is 12.0 Å². The van der Waals surface area contributed by atoms with Gasteiger partial charge in [-0.2, -0.15) is 0 Å². The van der Waals surface area contributed by atoms with Gasteiger partial charge in [-0.05, 0) is 0 Å². The lowest BCUT2D eigenvalue weighted by atomic mass is 10.3. The third-order valence-corrected chi connectivity index (χ3v) is 2.32. The second-order valence-corrected chi connectivity index (χ2v) is 3.33. The van der Waals surface area contributed by atoms with Crippen LogP contribution in [-0.4, -0.2) is 48.8 Å². The average molecular weight is 167 g/mol. The maximum absolute atomic E-state index is 10.5. The van der Waals surface area contributed by atoms with Gasteiger partial charge in [0.2, 0.25) is 0 Å². The van der Waals surface area contributed by atoms with Crippen LogP contribution in [0.2, 0.25) is 0 Å². The molecule has 4 nitrogen and oxygen atoms in total. The van der Waals surface area contributed by atoms with Gasteiger partial charge in [0.25, 0.3) is 0 Å². The summed E-state index contributed by atoms with van der Waals surface area (Å²) in [5.74, 6) is 1.08. The van der Waals surface area contributed by atoms with E-state index in [4.69, 9.17) is 0 Å². The molecular weight excluding hydrogens is 154 g/mol. The molecule has 2 heterocycles. The van der Waals surface area contributed by atoms with Crippen molar-refractivity contribution in [1.29, 1.82) is 0 Å². The quantitative estimate of drug-likeness (QED) is 0.519. The van der Waals surface area contributed by atoms with Gasteiger partial charge in [0.05, 0.1) is 0 Å². The Bertz CT molecular complexity index is 226. The van der Waals surface area contributed by atoms with Crippen LogP contribution in [-0.2, 0) is 4.79 Å². The summed E-state index contributed by atoms with van der Waals surface area (Å²) in [4.78, 5) is 14.8. The highest BCUT2D eigenvalue weighted by Crippen LogP contribution is 2.14. The Labute approximate surface area is 71.8 Å². The van der Waals surface area contributed by atoms with Gasteiger partial charge in [0.15, 0.2) is 0 Å². The Morgan fingerprint density at radius 1 is 1.67 bits per heavy atom. The van der Waals surface area contributed by atoms with E-state index >= 15 is 0 Å². The molecule has 0 aromatic carbocycles. The van der Waals surface area contributed by atoms with Gasteiger partial charge >= 0.3 is 0 Å². The van der Waals surface area contributed by atoms with Crippen molar-refractivity contribution in [1.82, 2.24) is 15.1 Å². The Kier molecular flexibility index (Phi) is 1.67. The lowest BCUT2D eigenvalue weighted by Crippen LogP contribution is -2.35. The highest BCUT2D eigenvalue weighted by molar-refractivity contribution is 5.59. The molecule has 1 saturated heterocycles. The van der Waals surface area contributed by atoms with Gasteiger partial charge in [0.1, 0.15) is 18.1 Å². The zero-order valence-electron chi connectivity index (χ0n) is 7.16. The zero-order valence-corrected chi connectivity index (χ0v) is 7.16. The molecule has 0 radical (unpaired) electrons. The van der Waals surface area contributed by atoms with E-state index in [2.05, 4.69) is 15.1 Å². The van der Waals surface area contributed by atoms with Gasteiger partial charge in [-0.15, -0.1) is 0 Å². The van der Waals surface area contributed by atoms with E-state index in [1.165, 1.54) is 0 Å². The van der Waals surface area contributed by atoms with Crippen molar-refractivity contribution >= 4 is 6.29 Å². The lowest BCUT2D eigenvalue weighted by molar-refractivity contribution is -0.109. The summed E-state index contributed by atoms with van der Waals surface area (Å²) in [6, 6.07) is -0.0113. The van der Waals surface area contributed by atoms with Gasteiger partial charge in [0, 0.05) is 32.9 Å². The van der Waals surface area contributed by atoms with Crippen molar-refractivity contribution in [3.63, 3.8) is 0 Å². The minimum absolute atomic E-state index is 0.0113. The first-order chi connectivity index (χ1) is 5.79. The molecule has 0 spiro atoms. The first-order valence-electron chi connectivity index (χ1n) is 4.18. The molecule has 66 valence electrons. The van der Waals surface area contributed by atoms with Crippen molar-refractivity contribution < 1.29 is 4.79 Å². The summed E-state index contributed by atoms with van der Waals surface area (Å²) in [5.41, 5.74) is 0. The topological polar surface area (TPSA) is 35.6 Å². The van der Waals surface area contributed by atoms with Gasteiger partial charge in [-0.1, -0.05) is 0 Å². The highest BCUT2D eigenvalue weighted by Gasteiger charge is 2.27. The molecule has 0 saturated carbocycles. The lowest BCUT2D eigenvalue weighted by Gasteiger charge is -2.28. The van der Waals surface area contributed by atoms with Crippen LogP contribution < -0.4 is 5.32 Å². The van der Waals surface area contributed by atoms with Crippen molar-refractivity contribution in [3.8, 4) is 0 Å². The third kappa shape index (κ3) is 1.13. The fraction of sp³-hybridized carbons (Fsp3) is 0.625. The number of hydrogen-bond acceptors (Lipinski definition) is 4. The summed E-state index contributed by atoms with van der Waals surface area (Å²) >= 11 is 0. The number of rotatable bonds is 1. The van der Waals surface area contributed by atoms with E-state index in [1.54, 1.807) is 0 Å². The maximum Gasteiger partial charge on any atom is 0.144 e. The molecule has 2 aliphatic heterocycles. The number of likely N-dealkylation sites (N-methyl/N-ethyl adjacent to an activating group) is 1. The molecule has 2 rings (SSSR count). The number of hydrogen-bond donors (Lipinski definition) is 1. The number of carbonyl (C=O) groups is 1. The molecule has 4 heteroatoms. The summed E-state index contributed by atoms with van der Waals surface area (Å²) in [6.07, 6.45) is 3.02. The minimum atomic E-state index is -0.0113. The molecular formula is C8H13N3O. The van der Waals surface area contributed by atoms with Crippen LogP contribution in [0.25, 0.3) is 0 Å². The van der Waals surface area contributed by atoms with Crippen LogP contribution in [0.1, 0.15) is 0 Å². The monoisotopic (exact) mass is 167 g/mol. The normalized spacial score (nSPS) is 27.8. The molecule has 1 N–H and O–H groups in total. The molecule has 0 amide bonds. The molecule has 2 aliphatic rings. The van der Waals surface area contributed by atoms with Crippen molar-refractivity contribution in [2.24, 2.45) is 0 Å². The van der Waals surface area contributed by atoms with Gasteiger partial charge in [-0.3, -0.25) is 0 Å². The van der Waals surface area contributed by atoms with Crippen LogP contribution in [0.5, 0.6) is 0 Å². The summed E-state index contributed by atoms with van der Waals surface area (Å²) in [5, 5.41) is 3.15. The van der Waals surface area contributed by atoms with Gasteiger partial charge < -0.3 is 19.9 Å². The smallest absolute Gasteiger partial charge is 0.144 e. The predicted molar refractivity (Wildman–Crippen MR) is 45.3 cm³/mol. The van der Waals surface area contributed by atoms with Crippen molar-refractivity contribution in [2.45, 2.75) is 6.04 Å². The Morgan fingerprint density at radius 2 is 2.50 bits per heavy atom. The fourth-order valence-electron chi connectivity index (χ4n) is 1.62. The summed E-state index contributed by atoms with van der Waals surface area (Å²) in [6.45, 7) is 2.87. The standard InChI is InChI=1S/C8H13N3O/c1-10-2-3-11-4-7(6-12)9-8(11)5-10/h5-7,9H,2-4H2,1H3. The van der Waals surface area contributed by atoms with Crippen LogP contribution >= 0.6 is 0 Å². The van der Waals surface area contributed by atoms with E-state index in [0.717, 1.165) is 31.7 Å². The zero-order chi connectivity index (χ0) is 8.55. The summed E-state index contributed by atoms with van der Waals surface area (Å²) < 4.78 is 0. The second-order valence-electron chi connectivity index (χ2n) is 3.33. The number of carbonyl (C=O) groups excluding carboxylic acids is 1. The molecule has 12 heavy (non-hydrogen) atoms. The van der Waals surface area contributed by atoms with Gasteiger partial charge in [-0.25, -0.2) is 0 Å². The first-order valence-corrected chi connectivity index (χ1v) is 4.18. The number of nitrogens with one attached hydrogen (secondary N) is 1. The van der Waals surface area contributed by atoms with Crippen molar-refractivity contribution in [2.75, 3.05) is 26.7 Å². The largest absolute Gasteiger partial charge is 0.376 e. The minimum Gasteiger partial charge on any atom is -0.376 e. The third-order valence-electron chi connectivity index (χ3n) is 2.32. The van der Waals surface area contributed by atoms with E-state index < -0.39 is 0 Å². The molecule has 1 unspecified atom stereocenters. The molecule has 0 aromatic heterocycles. The second kappa shape index (κ2) is 2.69. The van der Waals surface area contributed by atoms with Crippen LogP contribution in [0, 0.1) is 0 Å². The number of aldehydes is 1. The Hall–Kier alpha value is -1.19. The van der Waals surface area contributed by atoms with E-state index in [-0.39, 0.29) is 6.04 Å². The number of nitrogens with zero attached hydrogens (tertiary/aromatic N) is 2. The number of fused-ring (bicyclic) bond motifs is 1. The van der Waals surface area contributed by atoms with E-state index in [9.17, 15) is 4.79 Å². The molecule has 0 aromatic rings. The van der Waals surface area contributed by atoms with Crippen LogP contribution in [0.15, 0.2) is 12.0 Å². The van der Waals surface area contributed by atoms with Crippen LogP contribution in [0.3, 0.4) is 0 Å². The fourth-order valence-corrected chi connectivity index (χ4v) is 1.62. The molecule has 1 atom stereocenters.